The molecular weight excluding hydrogens is 126 g/mol. The van der Waals surface area contributed by atoms with Crippen molar-refractivity contribution < 1.29 is 4.74 Å². The molecule has 0 aromatic heterocycles. The van der Waals surface area contributed by atoms with Crippen molar-refractivity contribution in [1.29, 1.82) is 0 Å². The second-order valence-electron chi connectivity index (χ2n) is 3.60. The summed E-state index contributed by atoms with van der Waals surface area (Å²) in [7, 11) is 0. The zero-order valence-corrected chi connectivity index (χ0v) is 6.98. The maximum absolute atomic E-state index is 5.29. The van der Waals surface area contributed by atoms with Crippen molar-refractivity contribution in [3.8, 4) is 0 Å². The SMILES string of the molecule is CC1=NCC(C)(C)CCO1. The highest BCUT2D eigenvalue weighted by Gasteiger charge is 2.19. The molecule has 0 aromatic rings. The number of nitrogens with zero attached hydrogens (tertiary/aromatic N) is 1. The van der Waals surface area contributed by atoms with E-state index in [0.29, 0.717) is 5.41 Å². The Morgan fingerprint density at radius 3 is 2.90 bits per heavy atom. The van der Waals surface area contributed by atoms with Crippen LogP contribution in [0.3, 0.4) is 0 Å². The van der Waals surface area contributed by atoms with Gasteiger partial charge in [0, 0.05) is 13.5 Å². The maximum atomic E-state index is 5.29. The lowest BCUT2D eigenvalue weighted by Gasteiger charge is -2.18. The van der Waals surface area contributed by atoms with Gasteiger partial charge in [0.2, 0.25) is 0 Å². The van der Waals surface area contributed by atoms with E-state index in [1.165, 1.54) is 0 Å². The minimum atomic E-state index is 0.331. The van der Waals surface area contributed by atoms with E-state index in [9.17, 15) is 0 Å². The first kappa shape index (κ1) is 7.58. The van der Waals surface area contributed by atoms with E-state index in [-0.39, 0.29) is 0 Å². The van der Waals surface area contributed by atoms with Crippen LogP contribution in [0.5, 0.6) is 0 Å². The maximum Gasteiger partial charge on any atom is 0.179 e. The first-order chi connectivity index (χ1) is 4.60. The second kappa shape index (κ2) is 2.60. The summed E-state index contributed by atoms with van der Waals surface area (Å²) in [5, 5.41) is 0. The van der Waals surface area contributed by atoms with Gasteiger partial charge < -0.3 is 4.74 Å². The van der Waals surface area contributed by atoms with Gasteiger partial charge in [0.1, 0.15) is 0 Å². The van der Waals surface area contributed by atoms with Gasteiger partial charge in [-0.3, -0.25) is 4.99 Å². The molecule has 2 nitrogen and oxygen atoms in total. The van der Waals surface area contributed by atoms with E-state index >= 15 is 0 Å². The van der Waals surface area contributed by atoms with Crippen molar-refractivity contribution in [3.05, 3.63) is 0 Å². The highest BCUT2D eigenvalue weighted by molar-refractivity contribution is 5.73. The molecule has 0 amide bonds. The van der Waals surface area contributed by atoms with Crippen LogP contribution in [0.25, 0.3) is 0 Å². The van der Waals surface area contributed by atoms with Crippen molar-refractivity contribution in [2.24, 2.45) is 10.4 Å². The van der Waals surface area contributed by atoms with Crippen molar-refractivity contribution >= 4 is 5.90 Å². The van der Waals surface area contributed by atoms with E-state index in [1.54, 1.807) is 0 Å². The van der Waals surface area contributed by atoms with Crippen LogP contribution in [0.1, 0.15) is 27.2 Å². The molecule has 0 saturated carbocycles. The van der Waals surface area contributed by atoms with Crippen LogP contribution in [0.4, 0.5) is 0 Å². The Morgan fingerprint density at radius 1 is 1.50 bits per heavy atom. The van der Waals surface area contributed by atoms with Gasteiger partial charge >= 0.3 is 0 Å². The summed E-state index contributed by atoms with van der Waals surface area (Å²) in [6.45, 7) is 8.08. The molecule has 58 valence electrons. The van der Waals surface area contributed by atoms with Gasteiger partial charge in [-0.05, 0) is 11.8 Å². The molecule has 0 unspecified atom stereocenters. The first-order valence-electron chi connectivity index (χ1n) is 3.74. The van der Waals surface area contributed by atoms with Crippen LogP contribution >= 0.6 is 0 Å². The molecule has 2 heteroatoms. The van der Waals surface area contributed by atoms with E-state index in [0.717, 1.165) is 25.5 Å². The van der Waals surface area contributed by atoms with E-state index in [1.807, 2.05) is 6.92 Å². The average Bonchev–Trinajstić information content (AvgIpc) is 1.94. The lowest BCUT2D eigenvalue weighted by molar-refractivity contribution is 0.244. The Morgan fingerprint density at radius 2 is 2.20 bits per heavy atom. The molecule has 0 N–H and O–H groups in total. The molecular formula is C8H15NO. The summed E-state index contributed by atoms with van der Waals surface area (Å²) < 4.78 is 5.29. The molecule has 0 aliphatic carbocycles. The van der Waals surface area contributed by atoms with Gasteiger partial charge in [0.05, 0.1) is 6.61 Å². The van der Waals surface area contributed by atoms with Crippen LogP contribution in [-0.2, 0) is 4.74 Å². The Kier molecular flexibility index (Phi) is 1.97. The summed E-state index contributed by atoms with van der Waals surface area (Å²) >= 11 is 0. The van der Waals surface area contributed by atoms with Gasteiger partial charge in [0.25, 0.3) is 0 Å². The van der Waals surface area contributed by atoms with Crippen molar-refractivity contribution in [2.45, 2.75) is 27.2 Å². The number of ether oxygens (including phenoxy) is 1. The van der Waals surface area contributed by atoms with Crippen LogP contribution in [0, 0.1) is 5.41 Å². The topological polar surface area (TPSA) is 21.6 Å². The third kappa shape index (κ3) is 2.01. The average molecular weight is 141 g/mol. The lowest BCUT2D eigenvalue weighted by Crippen LogP contribution is -2.15. The highest BCUT2D eigenvalue weighted by atomic mass is 16.5. The van der Waals surface area contributed by atoms with E-state index in [4.69, 9.17) is 4.74 Å². The van der Waals surface area contributed by atoms with E-state index < -0.39 is 0 Å². The molecule has 0 fully saturated rings. The van der Waals surface area contributed by atoms with Gasteiger partial charge in [-0.15, -0.1) is 0 Å². The smallest absolute Gasteiger partial charge is 0.179 e. The number of hydrogen-bond acceptors (Lipinski definition) is 2. The van der Waals surface area contributed by atoms with Crippen LogP contribution in [0.2, 0.25) is 0 Å². The zero-order valence-electron chi connectivity index (χ0n) is 6.98. The summed E-state index contributed by atoms with van der Waals surface area (Å²) in [5.74, 6) is 0.838. The standard InChI is InChI=1S/C8H15NO/c1-7-9-6-8(2,3)4-5-10-7/h4-6H2,1-3H3. The Balaban J connectivity index is 2.57. The molecule has 0 bridgehead atoms. The predicted molar refractivity (Wildman–Crippen MR) is 42.3 cm³/mol. The van der Waals surface area contributed by atoms with Gasteiger partial charge in [-0.2, -0.15) is 0 Å². The highest BCUT2D eigenvalue weighted by Crippen LogP contribution is 2.22. The number of aliphatic imine (C=N–C) groups is 1. The molecule has 0 aromatic carbocycles. The van der Waals surface area contributed by atoms with Crippen LogP contribution < -0.4 is 0 Å². The largest absolute Gasteiger partial charge is 0.481 e. The summed E-state index contributed by atoms with van der Waals surface area (Å²) in [6.07, 6.45) is 1.10. The monoisotopic (exact) mass is 141 g/mol. The van der Waals surface area contributed by atoms with E-state index in [2.05, 4.69) is 18.8 Å². The molecule has 0 atom stereocenters. The van der Waals surface area contributed by atoms with Crippen molar-refractivity contribution in [1.82, 2.24) is 0 Å². The molecule has 10 heavy (non-hydrogen) atoms. The fraction of sp³-hybridized carbons (Fsp3) is 0.875. The molecule has 0 radical (unpaired) electrons. The normalized spacial score (nSPS) is 24.5. The predicted octanol–water partition coefficient (Wildman–Crippen LogP) is 1.85. The molecule has 1 heterocycles. The fourth-order valence-corrected chi connectivity index (χ4v) is 0.925. The Bertz CT molecular complexity index is 149. The minimum Gasteiger partial charge on any atom is -0.481 e. The minimum absolute atomic E-state index is 0.331. The first-order valence-corrected chi connectivity index (χ1v) is 3.74. The summed E-state index contributed by atoms with van der Waals surface area (Å²) in [6, 6.07) is 0. The Labute approximate surface area is 62.3 Å². The molecule has 0 spiro atoms. The Hall–Kier alpha value is -0.530. The number of hydrogen-bond donors (Lipinski definition) is 0. The molecule has 1 rings (SSSR count). The van der Waals surface area contributed by atoms with Gasteiger partial charge in [-0.1, -0.05) is 13.8 Å². The second-order valence-corrected chi connectivity index (χ2v) is 3.60. The summed E-state index contributed by atoms with van der Waals surface area (Å²) in [5.41, 5.74) is 0.331. The van der Waals surface area contributed by atoms with Crippen molar-refractivity contribution in [2.75, 3.05) is 13.2 Å². The van der Waals surface area contributed by atoms with Gasteiger partial charge in [-0.25, -0.2) is 0 Å². The third-order valence-corrected chi connectivity index (χ3v) is 1.82. The summed E-state index contributed by atoms with van der Waals surface area (Å²) in [4.78, 5) is 4.27. The van der Waals surface area contributed by atoms with Gasteiger partial charge in [0.15, 0.2) is 5.90 Å². The molecule has 1 aliphatic heterocycles. The van der Waals surface area contributed by atoms with Crippen LogP contribution in [-0.4, -0.2) is 19.0 Å². The quantitative estimate of drug-likeness (QED) is 0.504. The third-order valence-electron chi connectivity index (χ3n) is 1.82. The fourth-order valence-electron chi connectivity index (χ4n) is 0.925. The van der Waals surface area contributed by atoms with Crippen molar-refractivity contribution in [3.63, 3.8) is 0 Å². The van der Waals surface area contributed by atoms with Crippen LogP contribution in [0.15, 0.2) is 4.99 Å². The number of rotatable bonds is 0. The molecule has 0 saturated heterocycles. The zero-order chi connectivity index (χ0) is 7.61. The molecule has 1 aliphatic rings. The lowest BCUT2D eigenvalue weighted by atomic mass is 9.90.